The van der Waals surface area contributed by atoms with Crippen LogP contribution < -0.4 is 10.1 Å². The summed E-state index contributed by atoms with van der Waals surface area (Å²) in [6.45, 7) is -2.37. The number of rotatable bonds is 12. The minimum absolute atomic E-state index is 0.0301. The summed E-state index contributed by atoms with van der Waals surface area (Å²) in [5.74, 6) is -3.68. The van der Waals surface area contributed by atoms with Gasteiger partial charge in [-0.25, -0.2) is 9.07 Å². The van der Waals surface area contributed by atoms with Crippen molar-refractivity contribution in [2.24, 2.45) is 7.05 Å². The molecule has 2 N–H and O–H groups in total. The van der Waals surface area contributed by atoms with Gasteiger partial charge in [0.2, 0.25) is 0 Å². The number of nitrogens with one attached hydrogen (secondary N) is 2. The third-order valence-corrected chi connectivity index (χ3v) is 6.82. The zero-order chi connectivity index (χ0) is 33.3. The highest BCUT2D eigenvalue weighted by Gasteiger charge is 2.76. The van der Waals surface area contributed by atoms with Gasteiger partial charge in [-0.15, -0.1) is 0 Å². The van der Waals surface area contributed by atoms with E-state index in [1.807, 2.05) is 0 Å². The molecule has 0 unspecified atom stereocenters. The van der Waals surface area contributed by atoms with Crippen LogP contribution in [-0.4, -0.2) is 64.6 Å². The Balaban J connectivity index is 2.08. The van der Waals surface area contributed by atoms with E-state index in [1.54, 1.807) is 6.92 Å². The summed E-state index contributed by atoms with van der Waals surface area (Å²) in [5.41, 5.74) is -10.2. The molecule has 2 aromatic rings. The van der Waals surface area contributed by atoms with E-state index >= 15 is 0 Å². The second kappa shape index (κ2) is 12.6. The predicted molar refractivity (Wildman–Crippen MR) is 137 cm³/mol. The highest BCUT2D eigenvalue weighted by atomic mass is 35.5. The van der Waals surface area contributed by atoms with Crippen LogP contribution in [0.1, 0.15) is 41.4 Å². The van der Waals surface area contributed by atoms with E-state index in [0.717, 1.165) is 13.2 Å². The van der Waals surface area contributed by atoms with Crippen LogP contribution in [0.15, 0.2) is 24.4 Å². The normalized spacial score (nSPS) is 15.1. The van der Waals surface area contributed by atoms with Crippen molar-refractivity contribution in [2.75, 3.05) is 18.7 Å². The van der Waals surface area contributed by atoms with E-state index < -0.39 is 53.3 Å². The van der Waals surface area contributed by atoms with Crippen molar-refractivity contribution in [3.8, 4) is 11.8 Å². The molecule has 1 amide bonds. The van der Waals surface area contributed by atoms with Gasteiger partial charge in [0.05, 0.1) is 16.7 Å². The number of carbonyl (C=O) groups excluding carboxylic acids is 1. The van der Waals surface area contributed by atoms with Gasteiger partial charge in [0.25, 0.3) is 5.91 Å². The summed E-state index contributed by atoms with van der Waals surface area (Å²) in [6, 6.07) is 5.76. The maximum atomic E-state index is 14.8. The lowest BCUT2D eigenvalue weighted by Gasteiger charge is -2.28. The van der Waals surface area contributed by atoms with Crippen molar-refractivity contribution in [1.82, 2.24) is 14.7 Å². The van der Waals surface area contributed by atoms with Crippen LogP contribution in [-0.2, 0) is 17.5 Å². The fourth-order valence-electron chi connectivity index (χ4n) is 4.01. The average molecular weight is 661 g/mol. The Hall–Kier alpha value is -3.98. The van der Waals surface area contributed by atoms with Gasteiger partial charge in [0.15, 0.2) is 17.3 Å². The van der Waals surface area contributed by atoms with Crippen LogP contribution in [0, 0.1) is 16.7 Å². The van der Waals surface area contributed by atoms with Gasteiger partial charge >= 0.3 is 24.6 Å². The summed E-state index contributed by atoms with van der Waals surface area (Å²) in [7, 11) is 0.726. The molecule has 1 aromatic heterocycles. The number of ether oxygens (including phenoxy) is 2. The number of halogens is 10. The smallest absolute Gasteiger partial charge is 0.429 e. The second-order valence-corrected chi connectivity index (χ2v) is 9.67. The molecule has 0 atom stereocenters. The molecule has 1 aliphatic rings. The zero-order valence-electron chi connectivity index (χ0n) is 22.6. The molecule has 1 fully saturated rings. The van der Waals surface area contributed by atoms with Crippen molar-refractivity contribution >= 4 is 35.1 Å². The number of aryl methyl sites for hydroxylation is 1. The first-order valence-electron chi connectivity index (χ1n) is 12.3. The number of hydrogen-bond acceptors (Lipinski definition) is 7. The molecule has 240 valence electrons. The molecule has 44 heavy (non-hydrogen) atoms. The summed E-state index contributed by atoms with van der Waals surface area (Å²) in [6.07, 6.45) is -11.2. The predicted octanol–water partition coefficient (Wildman–Crippen LogP) is 6.56. The number of hydrogen-bond donors (Lipinski definition) is 2. The summed E-state index contributed by atoms with van der Waals surface area (Å²) in [5, 5.41) is 22.3. The average Bonchev–Trinajstić information content (AvgIpc) is 3.66. The first-order chi connectivity index (χ1) is 20.4. The SMILES string of the molecule is CCOCN(C(=O)c1cc(/C(C=N)=C/Nc2c(OC(F)F)c(C(F)(C(F)(F)F)C(F)(F)F)nn2C)ccc1Cl)C1(C#N)CC1. The van der Waals surface area contributed by atoms with E-state index in [1.165, 1.54) is 23.1 Å². The fraction of sp³-hybridized carbons (Fsp3) is 0.440. The van der Waals surface area contributed by atoms with Crippen molar-refractivity contribution in [2.45, 2.75) is 49.9 Å². The molecule has 0 aliphatic heterocycles. The van der Waals surface area contributed by atoms with Crippen LogP contribution in [0.3, 0.4) is 0 Å². The van der Waals surface area contributed by atoms with Gasteiger partial charge in [0, 0.05) is 31.6 Å². The Kier molecular flexibility index (Phi) is 9.85. The van der Waals surface area contributed by atoms with Crippen LogP contribution in [0.25, 0.3) is 5.57 Å². The molecular formula is C25H22ClF9N6O3. The van der Waals surface area contributed by atoms with E-state index in [2.05, 4.69) is 21.2 Å². The molecule has 0 bridgehead atoms. The van der Waals surface area contributed by atoms with Gasteiger partial charge < -0.3 is 20.2 Å². The molecule has 0 radical (unpaired) electrons. The largest absolute Gasteiger partial charge is 0.437 e. The lowest BCUT2D eigenvalue weighted by molar-refractivity contribution is -0.350. The quantitative estimate of drug-likeness (QED) is 0.151. The third-order valence-electron chi connectivity index (χ3n) is 6.49. The van der Waals surface area contributed by atoms with Crippen molar-refractivity contribution in [3.05, 3.63) is 46.2 Å². The number of allylic oxidation sites excluding steroid dienone is 1. The second-order valence-electron chi connectivity index (χ2n) is 9.26. The first-order valence-corrected chi connectivity index (χ1v) is 12.7. The lowest BCUT2D eigenvalue weighted by Crippen LogP contribution is -2.51. The molecule has 1 aromatic carbocycles. The van der Waals surface area contributed by atoms with Gasteiger partial charge in [-0.1, -0.05) is 17.7 Å². The topological polar surface area (TPSA) is 116 Å². The number of aromatic nitrogens is 2. The summed E-state index contributed by atoms with van der Waals surface area (Å²) in [4.78, 5) is 14.6. The molecule has 1 saturated carbocycles. The Morgan fingerprint density at radius 1 is 1.25 bits per heavy atom. The number of nitrogens with zero attached hydrogens (tertiary/aromatic N) is 4. The Morgan fingerprint density at radius 3 is 2.34 bits per heavy atom. The number of carbonyl (C=O) groups is 1. The monoisotopic (exact) mass is 660 g/mol. The molecule has 0 saturated heterocycles. The van der Waals surface area contributed by atoms with Crippen molar-refractivity contribution in [1.29, 1.82) is 10.7 Å². The van der Waals surface area contributed by atoms with E-state index in [-0.39, 0.29) is 39.7 Å². The van der Waals surface area contributed by atoms with Gasteiger partial charge in [-0.2, -0.15) is 45.5 Å². The zero-order valence-corrected chi connectivity index (χ0v) is 23.3. The van der Waals surface area contributed by atoms with Crippen LogP contribution in [0.4, 0.5) is 45.3 Å². The minimum Gasteiger partial charge on any atom is -0.429 e. The Morgan fingerprint density at radius 2 is 1.86 bits per heavy atom. The molecule has 1 heterocycles. The number of amides is 1. The number of nitriles is 1. The number of benzene rings is 1. The van der Waals surface area contributed by atoms with Gasteiger partial charge in [0.1, 0.15) is 12.3 Å². The van der Waals surface area contributed by atoms with E-state index in [0.29, 0.717) is 19.1 Å². The highest BCUT2D eigenvalue weighted by molar-refractivity contribution is 6.34. The van der Waals surface area contributed by atoms with Crippen molar-refractivity contribution < 1.29 is 53.8 Å². The van der Waals surface area contributed by atoms with Crippen molar-refractivity contribution in [3.63, 3.8) is 0 Å². The Labute approximate surface area is 248 Å². The van der Waals surface area contributed by atoms with Crippen LogP contribution in [0.5, 0.6) is 5.75 Å². The third kappa shape index (κ3) is 6.43. The maximum Gasteiger partial charge on any atom is 0.437 e. The van der Waals surface area contributed by atoms with E-state index in [4.69, 9.17) is 21.7 Å². The molecule has 1 aliphatic carbocycles. The lowest BCUT2D eigenvalue weighted by atomic mass is 9.99. The van der Waals surface area contributed by atoms with Gasteiger partial charge in [-0.05, 0) is 37.5 Å². The van der Waals surface area contributed by atoms with E-state index in [9.17, 15) is 49.6 Å². The minimum atomic E-state index is -6.68. The fourth-order valence-corrected chi connectivity index (χ4v) is 4.21. The molecular weight excluding hydrogens is 639 g/mol. The van der Waals surface area contributed by atoms with Crippen LogP contribution in [0.2, 0.25) is 5.02 Å². The highest BCUT2D eigenvalue weighted by Crippen LogP contribution is 2.56. The molecule has 0 spiro atoms. The van der Waals surface area contributed by atoms with Gasteiger partial charge in [-0.3, -0.25) is 9.69 Å². The molecule has 3 rings (SSSR count). The molecule has 19 heteroatoms. The standard InChI is InChI=1S/C25H22ClF9N6O3/c1-3-43-12-41(22(11-37)6-7-22)20(42)15-8-13(4-5-16(15)26)14(9-36)10-38-19-17(44-21(27)28)18(39-40(19)2)23(29,24(30,31)32)25(33,34)35/h4-5,8-10,21,36,38H,3,6-7,12H2,1-2H3/b14-10+,36-9?. The molecule has 9 nitrogen and oxygen atoms in total. The summed E-state index contributed by atoms with van der Waals surface area (Å²) < 4.78 is 131. The van der Waals surface area contributed by atoms with Crippen LogP contribution >= 0.6 is 11.6 Å². The first kappa shape index (κ1) is 34.5. The maximum absolute atomic E-state index is 14.8. The Bertz CT molecular complexity index is 1470. The number of alkyl halides is 9. The number of anilines is 1. The summed E-state index contributed by atoms with van der Waals surface area (Å²) >= 11 is 6.23.